The molecule has 24 heavy (non-hydrogen) atoms. The quantitative estimate of drug-likeness (QED) is 0.882. The zero-order valence-corrected chi connectivity index (χ0v) is 15.3. The summed E-state index contributed by atoms with van der Waals surface area (Å²) in [5.41, 5.74) is 0.603. The SMILES string of the molecule is CC(C(=O)N1CCN(C(=O)c2cccc(Cl)c2)CC1)C1CNC1.Cl. The molecule has 5 nitrogen and oxygen atoms in total. The summed E-state index contributed by atoms with van der Waals surface area (Å²) < 4.78 is 0. The predicted molar refractivity (Wildman–Crippen MR) is 96.7 cm³/mol. The fourth-order valence-corrected chi connectivity index (χ4v) is 3.28. The van der Waals surface area contributed by atoms with Crippen molar-refractivity contribution in [1.29, 1.82) is 0 Å². The van der Waals surface area contributed by atoms with E-state index in [1.165, 1.54) is 0 Å². The first-order chi connectivity index (χ1) is 11.1. The van der Waals surface area contributed by atoms with Crippen molar-refractivity contribution in [3.63, 3.8) is 0 Å². The maximum absolute atomic E-state index is 12.5. The highest BCUT2D eigenvalue weighted by Gasteiger charge is 2.33. The van der Waals surface area contributed by atoms with Crippen molar-refractivity contribution in [2.75, 3.05) is 39.3 Å². The number of hydrogen-bond donors (Lipinski definition) is 1. The molecule has 0 aromatic heterocycles. The van der Waals surface area contributed by atoms with E-state index in [-0.39, 0.29) is 30.1 Å². The van der Waals surface area contributed by atoms with Gasteiger partial charge in [-0.3, -0.25) is 9.59 Å². The number of amides is 2. The number of benzene rings is 1. The third kappa shape index (κ3) is 4.02. The van der Waals surface area contributed by atoms with E-state index in [2.05, 4.69) is 5.32 Å². The molecule has 0 spiro atoms. The van der Waals surface area contributed by atoms with Crippen molar-refractivity contribution >= 4 is 35.8 Å². The van der Waals surface area contributed by atoms with Gasteiger partial charge < -0.3 is 15.1 Å². The molecule has 0 bridgehead atoms. The molecule has 0 aliphatic carbocycles. The van der Waals surface area contributed by atoms with Gasteiger partial charge in [0.2, 0.25) is 5.91 Å². The fourth-order valence-electron chi connectivity index (χ4n) is 3.09. The number of nitrogens with one attached hydrogen (secondary N) is 1. The number of hydrogen-bond acceptors (Lipinski definition) is 3. The molecule has 0 radical (unpaired) electrons. The molecule has 2 heterocycles. The molecule has 2 aliphatic heterocycles. The third-order valence-electron chi connectivity index (χ3n) is 4.86. The second-order valence-electron chi connectivity index (χ2n) is 6.33. The van der Waals surface area contributed by atoms with Crippen LogP contribution in [0.2, 0.25) is 5.02 Å². The summed E-state index contributed by atoms with van der Waals surface area (Å²) in [7, 11) is 0. The molecule has 1 atom stereocenters. The summed E-state index contributed by atoms with van der Waals surface area (Å²) in [5.74, 6) is 0.710. The monoisotopic (exact) mass is 371 g/mol. The van der Waals surface area contributed by atoms with Crippen LogP contribution in [-0.2, 0) is 4.79 Å². The first-order valence-electron chi connectivity index (χ1n) is 8.10. The third-order valence-corrected chi connectivity index (χ3v) is 5.09. The van der Waals surface area contributed by atoms with Crippen LogP contribution in [0.15, 0.2) is 24.3 Å². The Morgan fingerprint density at radius 1 is 1.17 bits per heavy atom. The van der Waals surface area contributed by atoms with Gasteiger partial charge in [0.25, 0.3) is 5.91 Å². The van der Waals surface area contributed by atoms with Gasteiger partial charge in [-0.2, -0.15) is 0 Å². The first kappa shape index (κ1) is 19.0. The van der Waals surface area contributed by atoms with Gasteiger partial charge in [0, 0.05) is 42.7 Å². The minimum Gasteiger partial charge on any atom is -0.339 e. The molecule has 0 saturated carbocycles. The molecule has 132 valence electrons. The highest BCUT2D eigenvalue weighted by molar-refractivity contribution is 6.30. The molecule has 2 fully saturated rings. The molecule has 2 amide bonds. The summed E-state index contributed by atoms with van der Waals surface area (Å²) in [6.07, 6.45) is 0. The minimum absolute atomic E-state index is 0. The lowest BCUT2D eigenvalue weighted by Crippen LogP contribution is -2.55. The molecule has 2 aliphatic rings. The number of nitrogens with zero attached hydrogens (tertiary/aromatic N) is 2. The van der Waals surface area contributed by atoms with Gasteiger partial charge in [0.05, 0.1) is 0 Å². The summed E-state index contributed by atoms with van der Waals surface area (Å²) in [4.78, 5) is 28.7. The van der Waals surface area contributed by atoms with Crippen LogP contribution in [-0.4, -0.2) is 60.9 Å². The van der Waals surface area contributed by atoms with Crippen LogP contribution >= 0.6 is 24.0 Å². The Morgan fingerprint density at radius 3 is 2.33 bits per heavy atom. The molecule has 1 unspecified atom stereocenters. The normalized spacial score (nSPS) is 19.2. The topological polar surface area (TPSA) is 52.7 Å². The van der Waals surface area contributed by atoms with E-state index >= 15 is 0 Å². The van der Waals surface area contributed by atoms with E-state index in [0.717, 1.165) is 13.1 Å². The number of carbonyl (C=O) groups is 2. The maximum atomic E-state index is 12.5. The van der Waals surface area contributed by atoms with Gasteiger partial charge in [-0.15, -0.1) is 12.4 Å². The van der Waals surface area contributed by atoms with E-state index in [1.807, 2.05) is 11.8 Å². The van der Waals surface area contributed by atoms with Gasteiger partial charge in [-0.25, -0.2) is 0 Å². The zero-order chi connectivity index (χ0) is 16.4. The van der Waals surface area contributed by atoms with Crippen LogP contribution in [0.1, 0.15) is 17.3 Å². The van der Waals surface area contributed by atoms with E-state index in [1.54, 1.807) is 29.2 Å². The smallest absolute Gasteiger partial charge is 0.254 e. The molecule has 1 N–H and O–H groups in total. The van der Waals surface area contributed by atoms with E-state index < -0.39 is 0 Å². The van der Waals surface area contributed by atoms with Crippen molar-refractivity contribution < 1.29 is 9.59 Å². The largest absolute Gasteiger partial charge is 0.339 e. The number of carbonyl (C=O) groups excluding carboxylic acids is 2. The summed E-state index contributed by atoms with van der Waals surface area (Å²) >= 11 is 5.95. The predicted octanol–water partition coefficient (Wildman–Crippen LogP) is 1.90. The second-order valence-corrected chi connectivity index (χ2v) is 6.77. The van der Waals surface area contributed by atoms with Crippen LogP contribution in [0.3, 0.4) is 0 Å². The van der Waals surface area contributed by atoms with Gasteiger partial charge in [0.15, 0.2) is 0 Å². The van der Waals surface area contributed by atoms with Crippen LogP contribution in [0.25, 0.3) is 0 Å². The lowest BCUT2D eigenvalue weighted by molar-refractivity contribution is -0.138. The van der Waals surface area contributed by atoms with Crippen molar-refractivity contribution in [1.82, 2.24) is 15.1 Å². The molecule has 3 rings (SSSR count). The highest BCUT2D eigenvalue weighted by Crippen LogP contribution is 2.20. The summed E-state index contributed by atoms with van der Waals surface area (Å²) in [5, 5.41) is 3.77. The van der Waals surface area contributed by atoms with E-state index in [4.69, 9.17) is 11.6 Å². The molecule has 1 aromatic rings. The summed E-state index contributed by atoms with van der Waals surface area (Å²) in [6.45, 7) is 6.24. The van der Waals surface area contributed by atoms with Gasteiger partial charge >= 0.3 is 0 Å². The summed E-state index contributed by atoms with van der Waals surface area (Å²) in [6, 6.07) is 7.00. The van der Waals surface area contributed by atoms with Crippen LogP contribution in [0, 0.1) is 11.8 Å². The van der Waals surface area contributed by atoms with E-state index in [0.29, 0.717) is 42.7 Å². The average Bonchev–Trinajstić information content (AvgIpc) is 2.52. The highest BCUT2D eigenvalue weighted by atomic mass is 35.5. The average molecular weight is 372 g/mol. The van der Waals surface area contributed by atoms with Crippen molar-refractivity contribution in [2.24, 2.45) is 11.8 Å². The Hall–Kier alpha value is -1.30. The molecular weight excluding hydrogens is 349 g/mol. The molecule has 2 saturated heterocycles. The van der Waals surface area contributed by atoms with Crippen LogP contribution in [0.5, 0.6) is 0 Å². The zero-order valence-electron chi connectivity index (χ0n) is 13.7. The Balaban J connectivity index is 0.00000208. The second kappa shape index (κ2) is 8.19. The maximum Gasteiger partial charge on any atom is 0.254 e. The Labute approximate surface area is 153 Å². The van der Waals surface area contributed by atoms with Crippen molar-refractivity contribution in [2.45, 2.75) is 6.92 Å². The van der Waals surface area contributed by atoms with Gasteiger partial charge in [-0.1, -0.05) is 24.6 Å². The number of piperazine rings is 1. The number of rotatable bonds is 3. The van der Waals surface area contributed by atoms with Crippen molar-refractivity contribution in [3.8, 4) is 0 Å². The Bertz CT molecular complexity index is 599. The minimum atomic E-state index is -0.0177. The van der Waals surface area contributed by atoms with Gasteiger partial charge in [-0.05, 0) is 37.2 Å². The Morgan fingerprint density at radius 2 is 1.79 bits per heavy atom. The molecular formula is C17H23Cl2N3O2. The Kier molecular flexibility index (Phi) is 6.49. The van der Waals surface area contributed by atoms with E-state index in [9.17, 15) is 9.59 Å². The van der Waals surface area contributed by atoms with Crippen molar-refractivity contribution in [3.05, 3.63) is 34.9 Å². The standard InChI is InChI=1S/C17H22ClN3O2.ClH/c1-12(14-10-19-11-14)16(22)20-5-7-21(8-6-20)17(23)13-3-2-4-15(18)9-13;/h2-4,9,12,14,19H,5-8,10-11H2,1H3;1H. The van der Waals surface area contributed by atoms with Crippen LogP contribution < -0.4 is 5.32 Å². The number of halogens is 2. The lowest BCUT2D eigenvalue weighted by atomic mass is 9.88. The fraction of sp³-hybridized carbons (Fsp3) is 0.529. The molecule has 7 heteroatoms. The first-order valence-corrected chi connectivity index (χ1v) is 8.48. The van der Waals surface area contributed by atoms with Crippen LogP contribution in [0.4, 0.5) is 0 Å². The lowest BCUT2D eigenvalue weighted by Gasteiger charge is -2.39. The molecule has 1 aromatic carbocycles. The van der Waals surface area contributed by atoms with Gasteiger partial charge in [0.1, 0.15) is 0 Å².